The minimum absolute atomic E-state index is 0.103. The SMILES string of the molecule is CC(=O)NCCCNC(=O)CN1C(=O)COc2cccnc21. The predicted molar refractivity (Wildman–Crippen MR) is 78.4 cm³/mol. The summed E-state index contributed by atoms with van der Waals surface area (Å²) in [5, 5.41) is 5.34. The summed E-state index contributed by atoms with van der Waals surface area (Å²) in [5.74, 6) is 0.148. The standard InChI is InChI=1S/C14H18N4O4/c1-10(19)15-6-3-7-16-12(20)8-18-13(21)9-22-11-4-2-5-17-14(11)18/h2,4-5H,3,6-9H2,1H3,(H,15,19)(H,16,20). The molecule has 2 rings (SSSR count). The van der Waals surface area contributed by atoms with Crippen LogP contribution in [0, 0.1) is 0 Å². The first-order chi connectivity index (χ1) is 10.6. The first kappa shape index (κ1) is 15.7. The molecular formula is C14H18N4O4. The molecule has 3 amide bonds. The monoisotopic (exact) mass is 306 g/mol. The zero-order valence-electron chi connectivity index (χ0n) is 12.3. The molecule has 0 saturated heterocycles. The third-order valence-corrected chi connectivity index (χ3v) is 3.01. The highest BCUT2D eigenvalue weighted by Gasteiger charge is 2.28. The van der Waals surface area contributed by atoms with Gasteiger partial charge in [0.25, 0.3) is 5.91 Å². The smallest absolute Gasteiger partial charge is 0.266 e. The van der Waals surface area contributed by atoms with Gasteiger partial charge < -0.3 is 15.4 Å². The van der Waals surface area contributed by atoms with Gasteiger partial charge in [-0.2, -0.15) is 0 Å². The molecule has 2 heterocycles. The topological polar surface area (TPSA) is 101 Å². The summed E-state index contributed by atoms with van der Waals surface area (Å²) in [6.07, 6.45) is 2.16. The molecule has 2 N–H and O–H groups in total. The highest BCUT2D eigenvalue weighted by atomic mass is 16.5. The van der Waals surface area contributed by atoms with E-state index in [1.54, 1.807) is 18.3 Å². The van der Waals surface area contributed by atoms with Gasteiger partial charge in [0.15, 0.2) is 18.2 Å². The number of pyridine rings is 1. The van der Waals surface area contributed by atoms with Gasteiger partial charge in [-0.3, -0.25) is 19.3 Å². The minimum atomic E-state index is -0.306. The molecule has 1 aromatic heterocycles. The van der Waals surface area contributed by atoms with Crippen LogP contribution in [0.2, 0.25) is 0 Å². The van der Waals surface area contributed by atoms with Crippen molar-refractivity contribution in [1.29, 1.82) is 0 Å². The van der Waals surface area contributed by atoms with E-state index in [4.69, 9.17) is 4.74 Å². The third-order valence-electron chi connectivity index (χ3n) is 3.01. The maximum atomic E-state index is 11.9. The van der Waals surface area contributed by atoms with Crippen LogP contribution in [0.5, 0.6) is 5.75 Å². The van der Waals surface area contributed by atoms with Crippen molar-refractivity contribution < 1.29 is 19.1 Å². The molecular weight excluding hydrogens is 288 g/mol. The quantitative estimate of drug-likeness (QED) is 0.687. The molecule has 0 radical (unpaired) electrons. The largest absolute Gasteiger partial charge is 0.480 e. The number of aromatic nitrogens is 1. The number of hydrogen-bond donors (Lipinski definition) is 2. The van der Waals surface area contributed by atoms with Crippen LogP contribution in [0.25, 0.3) is 0 Å². The fourth-order valence-electron chi connectivity index (χ4n) is 1.98. The predicted octanol–water partition coefficient (Wildman–Crippen LogP) is -0.551. The number of carbonyl (C=O) groups excluding carboxylic acids is 3. The van der Waals surface area contributed by atoms with Gasteiger partial charge in [0.2, 0.25) is 11.8 Å². The minimum Gasteiger partial charge on any atom is -0.480 e. The second-order valence-electron chi connectivity index (χ2n) is 4.78. The summed E-state index contributed by atoms with van der Waals surface area (Å²) < 4.78 is 5.26. The van der Waals surface area contributed by atoms with E-state index in [2.05, 4.69) is 15.6 Å². The van der Waals surface area contributed by atoms with Crippen molar-refractivity contribution in [2.24, 2.45) is 0 Å². The lowest BCUT2D eigenvalue weighted by Crippen LogP contribution is -2.45. The van der Waals surface area contributed by atoms with Crippen molar-refractivity contribution in [2.75, 3.05) is 31.1 Å². The highest BCUT2D eigenvalue weighted by Crippen LogP contribution is 2.28. The Balaban J connectivity index is 1.83. The van der Waals surface area contributed by atoms with E-state index < -0.39 is 0 Å². The van der Waals surface area contributed by atoms with Crippen molar-refractivity contribution in [3.05, 3.63) is 18.3 Å². The van der Waals surface area contributed by atoms with E-state index in [0.717, 1.165) is 0 Å². The number of amides is 3. The molecule has 0 bridgehead atoms. The molecule has 0 saturated carbocycles. The average molecular weight is 306 g/mol. The van der Waals surface area contributed by atoms with Gasteiger partial charge in [-0.15, -0.1) is 0 Å². The van der Waals surface area contributed by atoms with Crippen LogP contribution in [0.4, 0.5) is 5.82 Å². The molecule has 0 atom stereocenters. The first-order valence-electron chi connectivity index (χ1n) is 6.97. The molecule has 0 aromatic carbocycles. The Bertz CT molecular complexity index is 576. The van der Waals surface area contributed by atoms with Gasteiger partial charge in [-0.05, 0) is 18.6 Å². The molecule has 0 fully saturated rings. The van der Waals surface area contributed by atoms with Crippen molar-refractivity contribution in [3.8, 4) is 5.75 Å². The molecule has 0 spiro atoms. The normalized spacial score (nSPS) is 13.1. The number of anilines is 1. The summed E-state index contributed by atoms with van der Waals surface area (Å²) in [7, 11) is 0. The van der Waals surface area contributed by atoms with Crippen molar-refractivity contribution in [2.45, 2.75) is 13.3 Å². The lowest BCUT2D eigenvalue weighted by molar-refractivity contribution is -0.125. The zero-order chi connectivity index (χ0) is 15.9. The van der Waals surface area contributed by atoms with Gasteiger partial charge in [0, 0.05) is 26.2 Å². The Morgan fingerprint density at radius 3 is 2.91 bits per heavy atom. The molecule has 1 aromatic rings. The highest BCUT2D eigenvalue weighted by molar-refractivity contribution is 6.01. The maximum Gasteiger partial charge on any atom is 0.266 e. The molecule has 8 nitrogen and oxygen atoms in total. The average Bonchev–Trinajstić information content (AvgIpc) is 2.49. The molecule has 1 aliphatic rings. The van der Waals surface area contributed by atoms with E-state index in [-0.39, 0.29) is 30.9 Å². The summed E-state index contributed by atoms with van der Waals surface area (Å²) in [6, 6.07) is 3.40. The Morgan fingerprint density at radius 1 is 1.36 bits per heavy atom. The fourth-order valence-corrected chi connectivity index (χ4v) is 1.98. The number of fused-ring (bicyclic) bond motifs is 1. The Hall–Kier alpha value is -2.64. The number of nitrogens with one attached hydrogen (secondary N) is 2. The molecule has 8 heteroatoms. The van der Waals surface area contributed by atoms with Gasteiger partial charge in [0.1, 0.15) is 6.54 Å². The van der Waals surface area contributed by atoms with E-state index >= 15 is 0 Å². The second kappa shape index (κ2) is 7.39. The van der Waals surface area contributed by atoms with Gasteiger partial charge >= 0.3 is 0 Å². The lowest BCUT2D eigenvalue weighted by atomic mass is 10.3. The lowest BCUT2D eigenvalue weighted by Gasteiger charge is -2.27. The van der Waals surface area contributed by atoms with Gasteiger partial charge in [0.05, 0.1) is 0 Å². The molecule has 22 heavy (non-hydrogen) atoms. The van der Waals surface area contributed by atoms with Crippen LogP contribution in [-0.4, -0.2) is 48.9 Å². The van der Waals surface area contributed by atoms with Crippen molar-refractivity contribution in [3.63, 3.8) is 0 Å². The Kier molecular flexibility index (Phi) is 5.29. The first-order valence-corrected chi connectivity index (χ1v) is 6.97. The molecule has 118 valence electrons. The van der Waals surface area contributed by atoms with E-state index in [0.29, 0.717) is 31.1 Å². The van der Waals surface area contributed by atoms with E-state index in [1.165, 1.54) is 11.8 Å². The summed E-state index contributed by atoms with van der Waals surface area (Å²) in [6.45, 7) is 2.15. The fraction of sp³-hybridized carbons (Fsp3) is 0.429. The summed E-state index contributed by atoms with van der Waals surface area (Å²) >= 11 is 0. The van der Waals surface area contributed by atoms with Crippen molar-refractivity contribution >= 4 is 23.5 Å². The number of rotatable bonds is 6. The number of ether oxygens (including phenoxy) is 1. The number of carbonyl (C=O) groups is 3. The number of hydrogen-bond acceptors (Lipinski definition) is 5. The van der Waals surface area contributed by atoms with Gasteiger partial charge in [-0.25, -0.2) is 4.98 Å². The second-order valence-corrected chi connectivity index (χ2v) is 4.78. The van der Waals surface area contributed by atoms with Crippen LogP contribution in [0.3, 0.4) is 0 Å². The third kappa shape index (κ3) is 4.18. The zero-order valence-corrected chi connectivity index (χ0v) is 12.3. The Morgan fingerprint density at radius 2 is 2.14 bits per heavy atom. The van der Waals surface area contributed by atoms with Crippen LogP contribution in [-0.2, 0) is 14.4 Å². The van der Waals surface area contributed by atoms with Crippen LogP contribution in [0.15, 0.2) is 18.3 Å². The van der Waals surface area contributed by atoms with Gasteiger partial charge in [-0.1, -0.05) is 0 Å². The summed E-state index contributed by atoms with van der Waals surface area (Å²) in [4.78, 5) is 39.9. The summed E-state index contributed by atoms with van der Waals surface area (Å²) in [5.41, 5.74) is 0. The molecule has 0 unspecified atom stereocenters. The molecule has 0 aliphatic carbocycles. The van der Waals surface area contributed by atoms with Crippen LogP contribution in [0.1, 0.15) is 13.3 Å². The van der Waals surface area contributed by atoms with Crippen LogP contribution >= 0.6 is 0 Å². The Labute approximate surface area is 127 Å². The molecule has 1 aliphatic heterocycles. The van der Waals surface area contributed by atoms with Crippen LogP contribution < -0.4 is 20.3 Å². The number of nitrogens with zero attached hydrogens (tertiary/aromatic N) is 2. The van der Waals surface area contributed by atoms with Crippen molar-refractivity contribution in [1.82, 2.24) is 15.6 Å². The van der Waals surface area contributed by atoms with E-state index in [1.807, 2.05) is 0 Å². The van der Waals surface area contributed by atoms with E-state index in [9.17, 15) is 14.4 Å². The maximum absolute atomic E-state index is 11.9.